The molecule has 2 aliphatic heterocycles. The second-order valence-corrected chi connectivity index (χ2v) is 8.20. The van der Waals surface area contributed by atoms with Gasteiger partial charge in [0.25, 0.3) is 0 Å². The molecule has 30 heavy (non-hydrogen) atoms. The third-order valence-corrected chi connectivity index (χ3v) is 5.97. The second kappa shape index (κ2) is 9.41. The van der Waals surface area contributed by atoms with Gasteiger partial charge in [0.05, 0.1) is 17.4 Å². The summed E-state index contributed by atoms with van der Waals surface area (Å²) in [5, 5.41) is 6.21. The lowest BCUT2D eigenvalue weighted by molar-refractivity contribution is -0.123. The number of carbonyl (C=O) groups is 2. The van der Waals surface area contributed by atoms with E-state index in [4.69, 9.17) is 0 Å². The molecule has 0 unspecified atom stereocenters. The number of nitrogens with one attached hydrogen (secondary N) is 2. The summed E-state index contributed by atoms with van der Waals surface area (Å²) in [7, 11) is 0. The Hall–Kier alpha value is -2.70. The summed E-state index contributed by atoms with van der Waals surface area (Å²) in [6.45, 7) is 5.82. The van der Waals surface area contributed by atoms with Crippen LogP contribution in [0.2, 0.25) is 0 Å². The van der Waals surface area contributed by atoms with Crippen LogP contribution in [0.25, 0.3) is 0 Å². The molecule has 2 aromatic carbocycles. The minimum atomic E-state index is -0.396. The molecular formula is C24H30N4O2. The molecule has 1 saturated heterocycles. The van der Waals surface area contributed by atoms with Crippen molar-refractivity contribution in [3.63, 3.8) is 0 Å². The van der Waals surface area contributed by atoms with Gasteiger partial charge in [-0.15, -0.1) is 0 Å². The van der Waals surface area contributed by atoms with E-state index in [1.165, 1.54) is 30.4 Å². The van der Waals surface area contributed by atoms with Crippen LogP contribution in [0.15, 0.2) is 48.5 Å². The van der Waals surface area contributed by atoms with Gasteiger partial charge in [0, 0.05) is 13.1 Å². The van der Waals surface area contributed by atoms with Gasteiger partial charge in [-0.1, -0.05) is 42.8 Å². The van der Waals surface area contributed by atoms with Crippen LogP contribution in [0.4, 0.5) is 11.4 Å². The Bertz CT molecular complexity index is 908. The van der Waals surface area contributed by atoms with Crippen molar-refractivity contribution >= 4 is 23.2 Å². The van der Waals surface area contributed by atoms with Gasteiger partial charge in [-0.25, -0.2) is 0 Å². The number of rotatable bonds is 6. The van der Waals surface area contributed by atoms with Crippen LogP contribution in [-0.4, -0.2) is 42.4 Å². The Morgan fingerprint density at radius 3 is 2.53 bits per heavy atom. The molecule has 2 N–H and O–H groups in total. The number of anilines is 2. The van der Waals surface area contributed by atoms with E-state index in [-0.39, 0.29) is 18.4 Å². The van der Waals surface area contributed by atoms with E-state index in [0.717, 1.165) is 25.3 Å². The first-order chi connectivity index (χ1) is 14.6. The van der Waals surface area contributed by atoms with Gasteiger partial charge in [-0.2, -0.15) is 0 Å². The third kappa shape index (κ3) is 4.71. The van der Waals surface area contributed by atoms with Crippen LogP contribution in [0.1, 0.15) is 37.3 Å². The number of fused-ring (bicyclic) bond motifs is 1. The Labute approximate surface area is 178 Å². The molecule has 4 rings (SSSR count). The molecule has 2 heterocycles. The first-order valence-corrected chi connectivity index (χ1v) is 10.8. The first kappa shape index (κ1) is 20.6. The standard InChI is InChI=1S/C24H30N4O2/c1-18(24(30)28-17-23(29)26-21-11-5-6-12-22(21)28)25-15-19-9-3-4-10-20(19)16-27-13-7-2-8-14-27/h3-6,9-12,18,25H,2,7-8,13-17H2,1H3,(H,26,29)/t18-/m1/s1. The summed E-state index contributed by atoms with van der Waals surface area (Å²) in [5.74, 6) is -0.257. The van der Waals surface area contributed by atoms with Gasteiger partial charge < -0.3 is 10.6 Å². The number of nitrogens with zero attached hydrogens (tertiary/aromatic N) is 2. The van der Waals surface area contributed by atoms with Gasteiger partial charge in [0.2, 0.25) is 11.8 Å². The van der Waals surface area contributed by atoms with Gasteiger partial charge >= 0.3 is 0 Å². The van der Waals surface area contributed by atoms with Crippen LogP contribution >= 0.6 is 0 Å². The molecule has 6 nitrogen and oxygen atoms in total. The van der Waals surface area contributed by atoms with Crippen molar-refractivity contribution in [2.75, 3.05) is 29.9 Å². The second-order valence-electron chi connectivity index (χ2n) is 8.20. The van der Waals surface area contributed by atoms with Gasteiger partial charge in [0.1, 0.15) is 6.54 Å². The number of carbonyl (C=O) groups excluding carboxylic acids is 2. The molecule has 158 valence electrons. The fourth-order valence-corrected chi connectivity index (χ4v) is 4.26. The molecule has 2 aliphatic rings. The predicted octanol–water partition coefficient (Wildman–Crippen LogP) is 3.14. The van der Waals surface area contributed by atoms with E-state index in [2.05, 4.69) is 39.8 Å². The topological polar surface area (TPSA) is 64.7 Å². The Kier molecular flexibility index (Phi) is 6.45. The maximum Gasteiger partial charge on any atom is 0.244 e. The molecule has 2 amide bonds. The van der Waals surface area contributed by atoms with Crippen molar-refractivity contribution in [1.82, 2.24) is 10.2 Å². The molecule has 6 heteroatoms. The molecule has 0 aliphatic carbocycles. The quantitative estimate of drug-likeness (QED) is 0.774. The van der Waals surface area contributed by atoms with Gasteiger partial charge in [0.15, 0.2) is 0 Å². The third-order valence-electron chi connectivity index (χ3n) is 5.97. The van der Waals surface area contributed by atoms with Crippen LogP contribution in [-0.2, 0) is 22.7 Å². The maximum absolute atomic E-state index is 13.1. The molecule has 0 aromatic heterocycles. The van der Waals surface area contributed by atoms with E-state index < -0.39 is 6.04 Å². The summed E-state index contributed by atoms with van der Waals surface area (Å²) in [6, 6.07) is 15.5. The van der Waals surface area contributed by atoms with Crippen LogP contribution in [0.5, 0.6) is 0 Å². The molecule has 0 radical (unpaired) electrons. The van der Waals surface area contributed by atoms with Crippen LogP contribution in [0, 0.1) is 0 Å². The normalized spacial score (nSPS) is 17.9. The predicted molar refractivity (Wildman–Crippen MR) is 119 cm³/mol. The number of likely N-dealkylation sites (tertiary alicyclic amines) is 1. The van der Waals surface area contributed by atoms with E-state index in [1.54, 1.807) is 4.90 Å². The monoisotopic (exact) mass is 406 g/mol. The summed E-state index contributed by atoms with van der Waals surface area (Å²) < 4.78 is 0. The number of hydrogen-bond donors (Lipinski definition) is 2. The largest absolute Gasteiger partial charge is 0.323 e. The van der Waals surface area contributed by atoms with E-state index in [1.807, 2.05) is 31.2 Å². The van der Waals surface area contributed by atoms with Gasteiger partial charge in [-0.05, 0) is 56.1 Å². The van der Waals surface area contributed by atoms with Crippen molar-refractivity contribution in [1.29, 1.82) is 0 Å². The maximum atomic E-state index is 13.1. The molecule has 2 aromatic rings. The zero-order valence-electron chi connectivity index (χ0n) is 17.6. The summed E-state index contributed by atoms with van der Waals surface area (Å²) in [6.07, 6.45) is 3.88. The summed E-state index contributed by atoms with van der Waals surface area (Å²) >= 11 is 0. The Balaban J connectivity index is 1.41. The molecule has 1 fully saturated rings. The number of benzene rings is 2. The number of hydrogen-bond acceptors (Lipinski definition) is 4. The lowest BCUT2D eigenvalue weighted by Gasteiger charge is -2.31. The smallest absolute Gasteiger partial charge is 0.244 e. The molecule has 0 saturated carbocycles. The zero-order chi connectivity index (χ0) is 20.9. The highest BCUT2D eigenvalue weighted by molar-refractivity contribution is 6.11. The van der Waals surface area contributed by atoms with Crippen LogP contribution in [0.3, 0.4) is 0 Å². The van der Waals surface area contributed by atoms with Crippen molar-refractivity contribution in [2.24, 2.45) is 0 Å². The molecule has 0 bridgehead atoms. The highest BCUT2D eigenvalue weighted by Gasteiger charge is 2.29. The van der Waals surface area contributed by atoms with Crippen molar-refractivity contribution in [3.05, 3.63) is 59.7 Å². The number of amides is 2. The Morgan fingerprint density at radius 2 is 1.73 bits per heavy atom. The van der Waals surface area contributed by atoms with Crippen LogP contribution < -0.4 is 15.5 Å². The minimum Gasteiger partial charge on any atom is -0.323 e. The van der Waals surface area contributed by atoms with Crippen molar-refractivity contribution < 1.29 is 9.59 Å². The zero-order valence-corrected chi connectivity index (χ0v) is 17.6. The fourth-order valence-electron chi connectivity index (χ4n) is 4.26. The first-order valence-electron chi connectivity index (χ1n) is 10.8. The average molecular weight is 407 g/mol. The van der Waals surface area contributed by atoms with E-state index >= 15 is 0 Å². The SMILES string of the molecule is C[C@@H](NCc1ccccc1CN1CCCCC1)C(=O)N1CC(=O)Nc2ccccc21. The summed E-state index contributed by atoms with van der Waals surface area (Å²) in [4.78, 5) is 29.2. The van der Waals surface area contributed by atoms with E-state index in [0.29, 0.717) is 12.2 Å². The minimum absolute atomic E-state index is 0.0490. The molecule has 0 spiro atoms. The average Bonchev–Trinajstić information content (AvgIpc) is 2.78. The van der Waals surface area contributed by atoms with Crippen molar-refractivity contribution in [3.8, 4) is 0 Å². The highest BCUT2D eigenvalue weighted by Crippen LogP contribution is 2.29. The lowest BCUT2D eigenvalue weighted by Crippen LogP contribution is -2.49. The fraction of sp³-hybridized carbons (Fsp3) is 0.417. The molecule has 1 atom stereocenters. The van der Waals surface area contributed by atoms with Gasteiger partial charge in [-0.3, -0.25) is 19.4 Å². The lowest BCUT2D eigenvalue weighted by atomic mass is 10.0. The summed E-state index contributed by atoms with van der Waals surface area (Å²) in [5.41, 5.74) is 3.97. The number of piperidine rings is 1. The van der Waals surface area contributed by atoms with E-state index in [9.17, 15) is 9.59 Å². The van der Waals surface area contributed by atoms with Crippen molar-refractivity contribution in [2.45, 2.75) is 45.3 Å². The Morgan fingerprint density at radius 1 is 1.03 bits per heavy atom. The molecular weight excluding hydrogens is 376 g/mol. The number of para-hydroxylation sites is 2. The highest BCUT2D eigenvalue weighted by atomic mass is 16.2.